The van der Waals surface area contributed by atoms with Crippen molar-refractivity contribution in [3.63, 3.8) is 0 Å². The number of esters is 2. The Morgan fingerprint density at radius 3 is 2.59 bits per heavy atom. The quantitative estimate of drug-likeness (QED) is 0.277. The summed E-state index contributed by atoms with van der Waals surface area (Å²) in [4.78, 5) is 48.2. The van der Waals surface area contributed by atoms with Gasteiger partial charge in [0.25, 0.3) is 0 Å². The Bertz CT molecular complexity index is 1690. The van der Waals surface area contributed by atoms with Crippen LogP contribution in [-0.2, 0) is 32.2 Å². The van der Waals surface area contributed by atoms with E-state index in [4.69, 9.17) is 14.5 Å². The summed E-state index contributed by atoms with van der Waals surface area (Å²) in [6.45, 7) is 2.08. The number of cyclic esters (lactones) is 1. The lowest BCUT2D eigenvalue weighted by Crippen LogP contribution is -2.45. The summed E-state index contributed by atoms with van der Waals surface area (Å²) in [6.07, 6.45) is 0. The van der Waals surface area contributed by atoms with Gasteiger partial charge in [0.2, 0.25) is 5.91 Å². The first kappa shape index (κ1) is 26.3. The van der Waals surface area contributed by atoms with Crippen LogP contribution in [0.25, 0.3) is 10.9 Å². The summed E-state index contributed by atoms with van der Waals surface area (Å²) in [5.41, 5.74) is 5.53. The zero-order valence-electron chi connectivity index (χ0n) is 22.4. The Labute approximate surface area is 235 Å². The molecule has 3 aromatic carbocycles. The molecule has 2 aliphatic heterocycles. The van der Waals surface area contributed by atoms with Crippen molar-refractivity contribution in [2.45, 2.75) is 13.1 Å². The summed E-state index contributed by atoms with van der Waals surface area (Å²) in [7, 11) is 1.32. The minimum Gasteiger partial charge on any atom is -0.494 e. The van der Waals surface area contributed by atoms with E-state index in [0.29, 0.717) is 59.7 Å². The number of hydrogen-bond acceptors (Lipinski definition) is 8. The van der Waals surface area contributed by atoms with Gasteiger partial charge in [0.1, 0.15) is 6.61 Å². The molecule has 6 rings (SSSR count). The smallest absolute Gasteiger partial charge is 0.337 e. The van der Waals surface area contributed by atoms with Gasteiger partial charge in [0.15, 0.2) is 5.88 Å². The number of aromatic amines is 1. The Morgan fingerprint density at radius 1 is 1.00 bits per heavy atom. The third-order valence-corrected chi connectivity index (χ3v) is 7.37. The zero-order valence-corrected chi connectivity index (χ0v) is 22.4. The van der Waals surface area contributed by atoms with Gasteiger partial charge in [-0.25, -0.2) is 9.79 Å². The number of carbonyl (C=O) groups excluding carboxylic acids is 3. The number of H-pyrrole nitrogens is 1. The fourth-order valence-corrected chi connectivity index (χ4v) is 5.31. The van der Waals surface area contributed by atoms with Gasteiger partial charge in [0.05, 0.1) is 42.7 Å². The lowest BCUT2D eigenvalue weighted by atomic mass is 10.00. The highest BCUT2D eigenvalue weighted by atomic mass is 16.5. The van der Waals surface area contributed by atoms with Gasteiger partial charge in [-0.3, -0.25) is 14.5 Å². The molecule has 0 saturated carbocycles. The van der Waals surface area contributed by atoms with Crippen LogP contribution in [0, 0.1) is 0 Å². The maximum absolute atomic E-state index is 13.0. The highest BCUT2D eigenvalue weighted by molar-refractivity contribution is 6.22. The van der Waals surface area contributed by atoms with Gasteiger partial charge in [-0.05, 0) is 35.4 Å². The number of carbonyl (C=O) groups is 3. The molecule has 1 amide bonds. The van der Waals surface area contributed by atoms with E-state index in [0.717, 1.165) is 16.7 Å². The number of aromatic hydroxyl groups is 1. The second-order valence-corrected chi connectivity index (χ2v) is 10.1. The molecular formula is C31H28N4O6. The number of amides is 1. The van der Waals surface area contributed by atoms with Crippen molar-refractivity contribution < 1.29 is 29.0 Å². The first-order valence-corrected chi connectivity index (χ1v) is 13.2. The molecule has 0 unspecified atom stereocenters. The minimum atomic E-state index is -0.469. The van der Waals surface area contributed by atoms with Crippen LogP contribution in [0.1, 0.15) is 32.6 Å². The molecule has 1 fully saturated rings. The number of fused-ring (bicyclic) bond motifs is 2. The molecule has 10 heteroatoms. The summed E-state index contributed by atoms with van der Waals surface area (Å²) in [6, 6.07) is 20.5. The molecule has 1 saturated heterocycles. The van der Waals surface area contributed by atoms with Crippen molar-refractivity contribution in [2.75, 3.05) is 33.4 Å². The SMILES string of the molecule is COC(=O)c1ccc2c(C(=Nc3ccc4c(c3)CN(C(=O)CN3CCOC(=O)C3)C4)c3ccccc3)c(O)[nH]c2c1. The number of nitrogens with zero attached hydrogens (tertiary/aromatic N) is 3. The number of aliphatic imine (C=N–C) groups is 1. The first-order valence-electron chi connectivity index (χ1n) is 13.2. The van der Waals surface area contributed by atoms with Crippen LogP contribution in [0.2, 0.25) is 0 Å². The largest absolute Gasteiger partial charge is 0.494 e. The van der Waals surface area contributed by atoms with Gasteiger partial charge in [0, 0.05) is 36.1 Å². The molecule has 41 heavy (non-hydrogen) atoms. The molecule has 2 N–H and O–H groups in total. The van der Waals surface area contributed by atoms with Crippen LogP contribution < -0.4 is 0 Å². The van der Waals surface area contributed by atoms with E-state index in [1.54, 1.807) is 28.0 Å². The van der Waals surface area contributed by atoms with Crippen LogP contribution in [0.4, 0.5) is 5.69 Å². The van der Waals surface area contributed by atoms with Crippen LogP contribution in [0.3, 0.4) is 0 Å². The van der Waals surface area contributed by atoms with E-state index >= 15 is 0 Å². The lowest BCUT2D eigenvalue weighted by molar-refractivity contribution is -0.151. The molecule has 208 valence electrons. The molecular weight excluding hydrogens is 524 g/mol. The number of morpholine rings is 1. The summed E-state index contributed by atoms with van der Waals surface area (Å²) in [5.74, 6) is -0.885. The lowest BCUT2D eigenvalue weighted by Gasteiger charge is -2.27. The number of aromatic nitrogens is 1. The van der Waals surface area contributed by atoms with E-state index in [9.17, 15) is 19.5 Å². The summed E-state index contributed by atoms with van der Waals surface area (Å²) < 4.78 is 9.80. The second-order valence-electron chi connectivity index (χ2n) is 10.1. The van der Waals surface area contributed by atoms with Crippen molar-refractivity contribution in [3.05, 3.63) is 94.5 Å². The molecule has 2 aliphatic rings. The zero-order chi connectivity index (χ0) is 28.5. The van der Waals surface area contributed by atoms with Crippen LogP contribution >= 0.6 is 0 Å². The van der Waals surface area contributed by atoms with Gasteiger partial charge in [-0.2, -0.15) is 0 Å². The van der Waals surface area contributed by atoms with Gasteiger partial charge < -0.3 is 24.5 Å². The number of rotatable bonds is 6. The third kappa shape index (κ3) is 5.29. The van der Waals surface area contributed by atoms with Crippen molar-refractivity contribution >= 4 is 40.1 Å². The van der Waals surface area contributed by atoms with Gasteiger partial charge in [-0.15, -0.1) is 0 Å². The monoisotopic (exact) mass is 552 g/mol. The fourth-order valence-electron chi connectivity index (χ4n) is 5.31. The predicted molar refractivity (Wildman–Crippen MR) is 151 cm³/mol. The van der Waals surface area contributed by atoms with E-state index in [2.05, 4.69) is 4.98 Å². The standard InChI is InChI=1S/C31H28N4O6/c1-40-31(39)20-8-10-24-25(14-20)33-30(38)28(24)29(19-5-3-2-4-6-19)32-23-9-7-21-15-35(16-22(21)13-23)26(36)17-34-11-12-41-27(37)18-34/h2-10,13-14,33,38H,11-12,15-18H2,1H3. The fraction of sp³-hybridized carbons (Fsp3) is 0.226. The molecule has 0 aliphatic carbocycles. The molecule has 0 atom stereocenters. The van der Waals surface area contributed by atoms with Crippen molar-refractivity contribution in [3.8, 4) is 5.88 Å². The minimum absolute atomic E-state index is 0.0408. The average molecular weight is 553 g/mol. The number of hydrogen-bond donors (Lipinski definition) is 2. The third-order valence-electron chi connectivity index (χ3n) is 7.37. The molecule has 0 bridgehead atoms. The van der Waals surface area contributed by atoms with Crippen molar-refractivity contribution in [2.24, 2.45) is 4.99 Å². The Hall–Kier alpha value is -4.96. The van der Waals surface area contributed by atoms with Crippen LogP contribution in [0.15, 0.2) is 71.7 Å². The second kappa shape index (κ2) is 10.9. The first-order chi connectivity index (χ1) is 19.9. The maximum Gasteiger partial charge on any atom is 0.337 e. The van der Waals surface area contributed by atoms with Crippen LogP contribution in [0.5, 0.6) is 5.88 Å². The molecule has 0 radical (unpaired) electrons. The average Bonchev–Trinajstić information content (AvgIpc) is 3.55. The van der Waals surface area contributed by atoms with E-state index in [-0.39, 0.29) is 30.8 Å². The van der Waals surface area contributed by atoms with Crippen molar-refractivity contribution in [1.29, 1.82) is 0 Å². The molecule has 4 aromatic rings. The van der Waals surface area contributed by atoms with E-state index in [1.807, 2.05) is 48.5 Å². The highest BCUT2D eigenvalue weighted by Gasteiger charge is 2.27. The van der Waals surface area contributed by atoms with Gasteiger partial charge >= 0.3 is 11.9 Å². The summed E-state index contributed by atoms with van der Waals surface area (Å²) in [5, 5.41) is 11.7. The maximum atomic E-state index is 13.0. The molecule has 1 aromatic heterocycles. The number of methoxy groups -OCH3 is 1. The summed E-state index contributed by atoms with van der Waals surface area (Å²) >= 11 is 0. The topological polar surface area (TPSA) is 125 Å². The van der Waals surface area contributed by atoms with Gasteiger partial charge in [-0.1, -0.05) is 42.5 Å². The van der Waals surface area contributed by atoms with E-state index < -0.39 is 5.97 Å². The normalized spacial score (nSPS) is 15.6. The molecule has 10 nitrogen and oxygen atoms in total. The number of benzene rings is 3. The Kier molecular flexibility index (Phi) is 6.98. The number of nitrogens with one attached hydrogen (secondary N) is 1. The highest BCUT2D eigenvalue weighted by Crippen LogP contribution is 2.33. The Morgan fingerprint density at radius 2 is 1.80 bits per heavy atom. The Balaban J connectivity index is 1.32. The molecule has 0 spiro atoms. The van der Waals surface area contributed by atoms with Crippen LogP contribution in [-0.4, -0.2) is 76.8 Å². The number of ether oxygens (including phenoxy) is 2. The van der Waals surface area contributed by atoms with E-state index in [1.165, 1.54) is 7.11 Å². The molecule has 3 heterocycles. The predicted octanol–water partition coefficient (Wildman–Crippen LogP) is 3.53. The van der Waals surface area contributed by atoms with Crippen molar-refractivity contribution in [1.82, 2.24) is 14.8 Å².